The van der Waals surface area contributed by atoms with E-state index >= 15 is 0 Å². The Morgan fingerprint density at radius 1 is 1.37 bits per heavy atom. The molecule has 5 nitrogen and oxygen atoms in total. The molecule has 108 valence electrons. The lowest BCUT2D eigenvalue weighted by atomic mass is 10.0. The van der Waals surface area contributed by atoms with E-state index in [-0.39, 0.29) is 11.5 Å². The lowest BCUT2D eigenvalue weighted by Crippen LogP contribution is -2.48. The number of benzene rings is 1. The first-order chi connectivity index (χ1) is 8.65. The van der Waals surface area contributed by atoms with Gasteiger partial charge >= 0.3 is 0 Å². The van der Waals surface area contributed by atoms with Crippen molar-refractivity contribution in [2.75, 3.05) is 12.3 Å². The fourth-order valence-electron chi connectivity index (χ4n) is 1.73. The van der Waals surface area contributed by atoms with Gasteiger partial charge < -0.3 is 10.8 Å². The molecule has 0 bridgehead atoms. The van der Waals surface area contributed by atoms with Crippen LogP contribution >= 0.6 is 0 Å². The molecule has 0 saturated carbocycles. The first-order valence-corrected chi connectivity index (χ1v) is 7.65. The van der Waals surface area contributed by atoms with Gasteiger partial charge in [0.05, 0.1) is 17.0 Å². The van der Waals surface area contributed by atoms with E-state index in [4.69, 9.17) is 5.73 Å². The van der Waals surface area contributed by atoms with E-state index in [0.29, 0.717) is 17.7 Å². The molecule has 1 unspecified atom stereocenters. The molecule has 0 radical (unpaired) electrons. The molecule has 0 aliphatic carbocycles. The van der Waals surface area contributed by atoms with Crippen LogP contribution in [0.5, 0.6) is 0 Å². The summed E-state index contributed by atoms with van der Waals surface area (Å²) in [7, 11) is -3.71. The number of hydrogen-bond acceptors (Lipinski definition) is 4. The van der Waals surface area contributed by atoms with Crippen molar-refractivity contribution >= 4 is 15.7 Å². The third-order valence-corrected chi connectivity index (χ3v) is 5.21. The van der Waals surface area contributed by atoms with Gasteiger partial charge in [0.1, 0.15) is 0 Å². The van der Waals surface area contributed by atoms with E-state index in [0.717, 1.165) is 5.56 Å². The minimum Gasteiger partial charge on any atom is -0.399 e. The minimum atomic E-state index is -3.71. The second-order valence-corrected chi connectivity index (χ2v) is 6.79. The van der Waals surface area contributed by atoms with Crippen LogP contribution < -0.4 is 10.5 Å². The molecule has 0 aliphatic rings. The Morgan fingerprint density at radius 2 is 1.95 bits per heavy atom. The van der Waals surface area contributed by atoms with E-state index < -0.39 is 15.6 Å². The largest absolute Gasteiger partial charge is 0.399 e. The Bertz CT molecular complexity index is 563. The summed E-state index contributed by atoms with van der Waals surface area (Å²) < 4.78 is 27.4. The van der Waals surface area contributed by atoms with Crippen molar-refractivity contribution in [3.05, 3.63) is 23.3 Å². The number of hydrogen-bond donors (Lipinski definition) is 3. The molecule has 0 fully saturated rings. The normalized spacial score (nSPS) is 15.2. The van der Waals surface area contributed by atoms with Crippen molar-refractivity contribution in [1.29, 1.82) is 0 Å². The molecule has 0 aromatic heterocycles. The number of nitrogen functional groups attached to an aromatic ring is 1. The highest BCUT2D eigenvalue weighted by Gasteiger charge is 2.29. The average Bonchev–Trinajstić information content (AvgIpc) is 2.32. The third kappa shape index (κ3) is 3.46. The summed E-state index contributed by atoms with van der Waals surface area (Å²) >= 11 is 0. The number of aryl methyl sites for hydroxylation is 1. The van der Waals surface area contributed by atoms with Gasteiger partial charge in [-0.25, -0.2) is 13.1 Å². The van der Waals surface area contributed by atoms with Gasteiger partial charge in [0, 0.05) is 5.69 Å². The summed E-state index contributed by atoms with van der Waals surface area (Å²) in [5.41, 5.74) is 6.74. The summed E-state index contributed by atoms with van der Waals surface area (Å²) in [5.74, 6) is 0. The van der Waals surface area contributed by atoms with Crippen molar-refractivity contribution in [3.8, 4) is 0 Å². The van der Waals surface area contributed by atoms with Crippen LogP contribution in [-0.4, -0.2) is 25.7 Å². The SMILES string of the molecule is CCC(C)(CO)NS(=O)(=O)c1cc(N)cc(C)c1C. The van der Waals surface area contributed by atoms with Crippen molar-refractivity contribution in [3.63, 3.8) is 0 Å². The van der Waals surface area contributed by atoms with Crippen molar-refractivity contribution in [1.82, 2.24) is 4.72 Å². The van der Waals surface area contributed by atoms with Gasteiger partial charge in [-0.05, 0) is 50.5 Å². The zero-order chi connectivity index (χ0) is 14.8. The van der Waals surface area contributed by atoms with Crippen LogP contribution in [0.15, 0.2) is 17.0 Å². The Labute approximate surface area is 114 Å². The monoisotopic (exact) mass is 286 g/mol. The molecule has 1 aromatic carbocycles. The van der Waals surface area contributed by atoms with Crippen molar-refractivity contribution < 1.29 is 13.5 Å². The summed E-state index contributed by atoms with van der Waals surface area (Å²) in [6.07, 6.45) is 0.489. The van der Waals surface area contributed by atoms with Gasteiger partial charge in [-0.2, -0.15) is 0 Å². The topological polar surface area (TPSA) is 92.4 Å². The standard InChI is InChI=1S/C13H22N2O3S/c1-5-13(4,8-16)15-19(17,18)12-7-11(14)6-9(2)10(12)3/h6-7,15-16H,5,8,14H2,1-4H3. The quantitative estimate of drug-likeness (QED) is 0.712. The number of sulfonamides is 1. The summed E-state index contributed by atoms with van der Waals surface area (Å²) in [6, 6.07) is 3.18. The van der Waals surface area contributed by atoms with E-state index in [1.807, 2.05) is 13.8 Å². The van der Waals surface area contributed by atoms with Gasteiger partial charge in [-0.1, -0.05) is 6.92 Å². The van der Waals surface area contributed by atoms with Crippen molar-refractivity contribution in [2.45, 2.75) is 44.6 Å². The first-order valence-electron chi connectivity index (χ1n) is 6.17. The lowest BCUT2D eigenvalue weighted by Gasteiger charge is -2.27. The third-order valence-electron chi connectivity index (χ3n) is 3.44. The molecule has 4 N–H and O–H groups in total. The molecule has 0 spiro atoms. The molecule has 0 amide bonds. The van der Waals surface area contributed by atoms with Gasteiger partial charge in [0.25, 0.3) is 0 Å². The van der Waals surface area contributed by atoms with E-state index in [2.05, 4.69) is 4.72 Å². The fourth-order valence-corrected chi connectivity index (χ4v) is 3.55. The molecule has 19 heavy (non-hydrogen) atoms. The molecule has 1 rings (SSSR count). The highest BCUT2D eigenvalue weighted by Crippen LogP contribution is 2.24. The first kappa shape index (κ1) is 15.9. The smallest absolute Gasteiger partial charge is 0.241 e. The van der Waals surface area contributed by atoms with E-state index in [1.165, 1.54) is 6.07 Å². The van der Waals surface area contributed by atoms with Crippen LogP contribution in [0.4, 0.5) is 5.69 Å². The van der Waals surface area contributed by atoms with Gasteiger partial charge in [0.2, 0.25) is 10.0 Å². The number of aliphatic hydroxyl groups is 1. The maximum atomic E-state index is 12.4. The molecule has 0 heterocycles. The minimum absolute atomic E-state index is 0.165. The lowest BCUT2D eigenvalue weighted by molar-refractivity contribution is 0.191. The predicted molar refractivity (Wildman–Crippen MR) is 76.4 cm³/mol. The summed E-state index contributed by atoms with van der Waals surface area (Å²) in [4.78, 5) is 0.165. The Balaban J connectivity index is 3.29. The highest BCUT2D eigenvalue weighted by atomic mass is 32.2. The van der Waals surface area contributed by atoms with Gasteiger partial charge in [0.15, 0.2) is 0 Å². The highest BCUT2D eigenvalue weighted by molar-refractivity contribution is 7.89. The molecular formula is C13H22N2O3S. The number of aliphatic hydroxyl groups excluding tert-OH is 1. The zero-order valence-electron chi connectivity index (χ0n) is 11.8. The van der Waals surface area contributed by atoms with Crippen LogP contribution in [0.3, 0.4) is 0 Å². The number of anilines is 1. The predicted octanol–water partition coefficient (Wildman–Crippen LogP) is 1.32. The molecule has 0 saturated heterocycles. The molecule has 6 heteroatoms. The summed E-state index contributed by atoms with van der Waals surface area (Å²) in [5, 5.41) is 9.32. The molecule has 1 aromatic rings. The van der Waals surface area contributed by atoms with E-state index in [9.17, 15) is 13.5 Å². The number of rotatable bonds is 5. The maximum Gasteiger partial charge on any atom is 0.241 e. The van der Waals surface area contributed by atoms with Crippen molar-refractivity contribution in [2.24, 2.45) is 0 Å². The Hall–Kier alpha value is -1.11. The van der Waals surface area contributed by atoms with Gasteiger partial charge in [-0.15, -0.1) is 0 Å². The number of nitrogens with two attached hydrogens (primary N) is 1. The second-order valence-electron chi connectivity index (χ2n) is 5.14. The zero-order valence-corrected chi connectivity index (χ0v) is 12.6. The Morgan fingerprint density at radius 3 is 2.42 bits per heavy atom. The second kappa shape index (κ2) is 5.48. The molecule has 1 atom stereocenters. The van der Waals surface area contributed by atoms with Crippen LogP contribution in [-0.2, 0) is 10.0 Å². The van der Waals surface area contributed by atoms with Crippen LogP contribution in [0, 0.1) is 13.8 Å². The molecular weight excluding hydrogens is 264 g/mol. The fraction of sp³-hybridized carbons (Fsp3) is 0.538. The van der Waals surface area contributed by atoms with Gasteiger partial charge in [-0.3, -0.25) is 0 Å². The van der Waals surface area contributed by atoms with Crippen LogP contribution in [0.25, 0.3) is 0 Å². The number of nitrogens with one attached hydrogen (secondary N) is 1. The summed E-state index contributed by atoms with van der Waals surface area (Å²) in [6.45, 7) is 6.78. The average molecular weight is 286 g/mol. The Kier molecular flexibility index (Phi) is 4.60. The van der Waals surface area contributed by atoms with Crippen LogP contribution in [0.2, 0.25) is 0 Å². The van der Waals surface area contributed by atoms with Crippen LogP contribution in [0.1, 0.15) is 31.4 Å². The maximum absolute atomic E-state index is 12.4. The van der Waals surface area contributed by atoms with E-state index in [1.54, 1.807) is 19.9 Å². The molecule has 0 aliphatic heterocycles.